The summed E-state index contributed by atoms with van der Waals surface area (Å²) in [5.74, 6) is 2.43. The maximum absolute atomic E-state index is 5.60. The van der Waals surface area contributed by atoms with Gasteiger partial charge in [0.2, 0.25) is 0 Å². The van der Waals surface area contributed by atoms with Crippen LogP contribution >= 0.6 is 0 Å². The number of nitrogens with zero attached hydrogens (tertiary/aromatic N) is 3. The topological polar surface area (TPSA) is 63.5 Å². The Morgan fingerprint density at radius 1 is 1.52 bits per heavy atom. The number of ether oxygens (including phenoxy) is 1. The van der Waals surface area contributed by atoms with Crippen LogP contribution in [-0.2, 0) is 17.8 Å². The van der Waals surface area contributed by atoms with Crippen LogP contribution in [0, 0.1) is 5.92 Å². The second-order valence-electron chi connectivity index (χ2n) is 5.83. The van der Waals surface area contributed by atoms with Crippen molar-refractivity contribution in [1.82, 2.24) is 20.2 Å². The first-order valence-electron chi connectivity index (χ1n) is 7.75. The van der Waals surface area contributed by atoms with Gasteiger partial charge in [0.05, 0.1) is 12.6 Å². The molecule has 1 unspecified atom stereocenters. The second kappa shape index (κ2) is 8.02. The molecule has 1 atom stereocenters. The number of rotatable bonds is 6. The summed E-state index contributed by atoms with van der Waals surface area (Å²) in [5, 5.41) is 6.62. The van der Waals surface area contributed by atoms with Gasteiger partial charge in [-0.25, -0.2) is 4.98 Å². The molecule has 1 fully saturated rings. The lowest BCUT2D eigenvalue weighted by Gasteiger charge is -2.16. The highest BCUT2D eigenvalue weighted by atomic mass is 16.5. The average Bonchev–Trinajstić information content (AvgIpc) is 3.10. The molecular formula is C15H27N5O. The van der Waals surface area contributed by atoms with Crippen molar-refractivity contribution in [2.45, 2.75) is 45.9 Å². The smallest absolute Gasteiger partial charge is 0.191 e. The van der Waals surface area contributed by atoms with Crippen molar-refractivity contribution in [3.8, 4) is 0 Å². The molecule has 0 saturated carbocycles. The molecule has 0 radical (unpaired) electrons. The maximum Gasteiger partial charge on any atom is 0.191 e. The number of hydrogen-bond donors (Lipinski definition) is 2. The average molecular weight is 293 g/mol. The molecule has 0 spiro atoms. The van der Waals surface area contributed by atoms with E-state index in [0.717, 1.165) is 44.3 Å². The predicted octanol–water partition coefficient (Wildman–Crippen LogP) is 1.38. The molecular weight excluding hydrogens is 266 g/mol. The lowest BCUT2D eigenvalue weighted by Crippen LogP contribution is -2.41. The number of aliphatic imine (C=N–C) groups is 1. The summed E-state index contributed by atoms with van der Waals surface area (Å²) < 4.78 is 7.78. The molecule has 6 heteroatoms. The molecule has 1 aromatic rings. The molecule has 2 rings (SSSR count). The highest BCUT2D eigenvalue weighted by Gasteiger charge is 2.15. The van der Waals surface area contributed by atoms with E-state index < -0.39 is 0 Å². The standard InChI is InChI=1S/C15H27N5O/c1-12(2)11-20-7-6-17-14(20)10-19-15(16-3)18-9-13-5-4-8-21-13/h6-7,12-13H,4-5,8-11H2,1-3H3,(H2,16,18,19). The molecule has 2 N–H and O–H groups in total. The van der Waals surface area contributed by atoms with Crippen LogP contribution in [0.25, 0.3) is 0 Å². The third-order valence-electron chi connectivity index (χ3n) is 3.52. The quantitative estimate of drug-likeness (QED) is 0.614. The van der Waals surface area contributed by atoms with Gasteiger partial charge in [0.15, 0.2) is 5.96 Å². The van der Waals surface area contributed by atoms with Gasteiger partial charge in [-0.2, -0.15) is 0 Å². The minimum absolute atomic E-state index is 0.312. The lowest BCUT2D eigenvalue weighted by molar-refractivity contribution is 0.114. The predicted molar refractivity (Wildman–Crippen MR) is 84.2 cm³/mol. The van der Waals surface area contributed by atoms with Crippen LogP contribution in [0.3, 0.4) is 0 Å². The molecule has 0 amide bonds. The van der Waals surface area contributed by atoms with E-state index in [9.17, 15) is 0 Å². The first-order chi connectivity index (χ1) is 10.2. The van der Waals surface area contributed by atoms with Crippen molar-refractivity contribution in [2.24, 2.45) is 10.9 Å². The number of nitrogens with one attached hydrogen (secondary N) is 2. The van der Waals surface area contributed by atoms with Crippen LogP contribution in [0.1, 0.15) is 32.5 Å². The van der Waals surface area contributed by atoms with Gasteiger partial charge in [-0.3, -0.25) is 4.99 Å². The summed E-state index contributed by atoms with van der Waals surface area (Å²) in [4.78, 5) is 8.65. The van der Waals surface area contributed by atoms with Crippen LogP contribution in [0.4, 0.5) is 0 Å². The van der Waals surface area contributed by atoms with Crippen molar-refractivity contribution in [3.63, 3.8) is 0 Å². The van der Waals surface area contributed by atoms with Gasteiger partial charge in [0.1, 0.15) is 5.82 Å². The largest absolute Gasteiger partial charge is 0.376 e. The number of hydrogen-bond acceptors (Lipinski definition) is 3. The fourth-order valence-electron chi connectivity index (χ4n) is 2.47. The van der Waals surface area contributed by atoms with E-state index in [1.807, 2.05) is 12.4 Å². The van der Waals surface area contributed by atoms with Crippen LogP contribution < -0.4 is 10.6 Å². The van der Waals surface area contributed by atoms with E-state index in [-0.39, 0.29) is 0 Å². The van der Waals surface area contributed by atoms with Gasteiger partial charge >= 0.3 is 0 Å². The molecule has 1 aliphatic heterocycles. The Labute approximate surface area is 127 Å². The van der Waals surface area contributed by atoms with Gasteiger partial charge in [-0.15, -0.1) is 0 Å². The molecule has 2 heterocycles. The Morgan fingerprint density at radius 2 is 2.38 bits per heavy atom. The van der Waals surface area contributed by atoms with Crippen LogP contribution in [-0.4, -0.2) is 41.8 Å². The number of aromatic nitrogens is 2. The molecule has 118 valence electrons. The first kappa shape index (κ1) is 15.8. The Kier molecular flexibility index (Phi) is 6.04. The van der Waals surface area contributed by atoms with Gasteiger partial charge in [0, 0.05) is 39.1 Å². The zero-order valence-electron chi connectivity index (χ0n) is 13.3. The normalized spacial score (nSPS) is 19.2. The van der Waals surface area contributed by atoms with E-state index in [1.54, 1.807) is 7.05 Å². The summed E-state index contributed by atoms with van der Waals surface area (Å²) in [5.41, 5.74) is 0. The number of guanidine groups is 1. The van der Waals surface area contributed by atoms with Crippen molar-refractivity contribution in [2.75, 3.05) is 20.2 Å². The van der Waals surface area contributed by atoms with Crippen LogP contribution in [0.2, 0.25) is 0 Å². The van der Waals surface area contributed by atoms with Crippen molar-refractivity contribution in [3.05, 3.63) is 18.2 Å². The Hall–Kier alpha value is -1.56. The summed E-state index contributed by atoms with van der Waals surface area (Å²) in [6.45, 7) is 7.76. The maximum atomic E-state index is 5.60. The van der Waals surface area contributed by atoms with Crippen molar-refractivity contribution >= 4 is 5.96 Å². The highest BCUT2D eigenvalue weighted by Crippen LogP contribution is 2.10. The monoisotopic (exact) mass is 293 g/mol. The Balaban J connectivity index is 1.78. The molecule has 1 saturated heterocycles. The molecule has 1 aromatic heterocycles. The molecule has 0 bridgehead atoms. The molecule has 0 aliphatic carbocycles. The van der Waals surface area contributed by atoms with E-state index in [2.05, 4.69) is 39.0 Å². The van der Waals surface area contributed by atoms with E-state index in [4.69, 9.17) is 4.74 Å². The Bertz CT molecular complexity index is 449. The number of imidazole rings is 1. The molecule has 1 aliphatic rings. The van der Waals surface area contributed by atoms with Gasteiger partial charge in [-0.1, -0.05) is 13.8 Å². The summed E-state index contributed by atoms with van der Waals surface area (Å²) in [6, 6.07) is 0. The Morgan fingerprint density at radius 3 is 3.05 bits per heavy atom. The summed E-state index contributed by atoms with van der Waals surface area (Å²) >= 11 is 0. The highest BCUT2D eigenvalue weighted by molar-refractivity contribution is 5.79. The zero-order valence-corrected chi connectivity index (χ0v) is 13.3. The minimum atomic E-state index is 0.312. The fraction of sp³-hybridized carbons (Fsp3) is 0.733. The van der Waals surface area contributed by atoms with Crippen molar-refractivity contribution in [1.29, 1.82) is 0 Å². The van der Waals surface area contributed by atoms with Gasteiger partial charge in [-0.05, 0) is 18.8 Å². The fourth-order valence-corrected chi connectivity index (χ4v) is 2.47. The third-order valence-corrected chi connectivity index (χ3v) is 3.52. The van der Waals surface area contributed by atoms with Crippen LogP contribution in [0.15, 0.2) is 17.4 Å². The summed E-state index contributed by atoms with van der Waals surface area (Å²) in [6.07, 6.45) is 6.47. The first-order valence-corrected chi connectivity index (χ1v) is 7.75. The third kappa shape index (κ3) is 5.04. The molecule has 0 aromatic carbocycles. The zero-order chi connectivity index (χ0) is 15.1. The molecule has 21 heavy (non-hydrogen) atoms. The van der Waals surface area contributed by atoms with Gasteiger partial charge < -0.3 is 19.9 Å². The van der Waals surface area contributed by atoms with E-state index in [0.29, 0.717) is 18.6 Å². The summed E-state index contributed by atoms with van der Waals surface area (Å²) in [7, 11) is 1.78. The lowest BCUT2D eigenvalue weighted by atomic mass is 10.2. The molecule has 6 nitrogen and oxygen atoms in total. The minimum Gasteiger partial charge on any atom is -0.376 e. The van der Waals surface area contributed by atoms with Gasteiger partial charge in [0.25, 0.3) is 0 Å². The van der Waals surface area contributed by atoms with Crippen LogP contribution in [0.5, 0.6) is 0 Å². The van der Waals surface area contributed by atoms with E-state index >= 15 is 0 Å². The second-order valence-corrected chi connectivity index (χ2v) is 5.83. The van der Waals surface area contributed by atoms with E-state index in [1.165, 1.54) is 0 Å². The SMILES string of the molecule is CN=C(NCc1nccn1CC(C)C)NCC1CCCO1. The van der Waals surface area contributed by atoms with Crippen molar-refractivity contribution < 1.29 is 4.74 Å².